The Morgan fingerprint density at radius 3 is 1.86 bits per heavy atom. The van der Waals surface area contributed by atoms with Gasteiger partial charge in [-0.2, -0.15) is 0 Å². The summed E-state index contributed by atoms with van der Waals surface area (Å²) in [4.78, 5) is 2.45. The van der Waals surface area contributed by atoms with E-state index in [1.165, 1.54) is 32.7 Å². The van der Waals surface area contributed by atoms with Crippen LogP contribution in [0.1, 0.15) is 6.92 Å². The lowest BCUT2D eigenvalue weighted by Crippen LogP contribution is -2.63. The maximum absolute atomic E-state index is 4.97. The summed E-state index contributed by atoms with van der Waals surface area (Å²) in [5, 5.41) is 3.31. The molecule has 9 N–H and O–H groups in total. The molecule has 86 valence electrons. The van der Waals surface area contributed by atoms with Crippen LogP contribution in [0.5, 0.6) is 0 Å². The summed E-state index contributed by atoms with van der Waals surface area (Å²) in [5.41, 5.74) is 19.8. The molecule has 0 atom stereocenters. The Hall–Kier alpha value is -0.240. The van der Waals surface area contributed by atoms with E-state index in [2.05, 4.69) is 17.1 Å². The van der Waals surface area contributed by atoms with E-state index in [9.17, 15) is 0 Å². The lowest BCUT2D eigenvalue weighted by atomic mass is 10.4. The molecule has 0 radical (unpaired) electrons. The molecule has 0 aromatic carbocycles. The molecule has 1 rings (SSSR count). The molecule has 0 saturated carbocycles. The lowest BCUT2D eigenvalue weighted by Gasteiger charge is -2.25. The SMILES string of the molecule is CCN1CCNCC1.NCC(N)(N)N. The number of piperazine rings is 1. The number of likely N-dealkylation sites (N-methyl/N-ethyl adjacent to an activating group) is 1. The van der Waals surface area contributed by atoms with Gasteiger partial charge in [-0.1, -0.05) is 6.92 Å². The Morgan fingerprint density at radius 1 is 1.21 bits per heavy atom. The number of nitrogens with one attached hydrogen (secondary N) is 1. The smallest absolute Gasteiger partial charge is 0.128 e. The van der Waals surface area contributed by atoms with Gasteiger partial charge in [-0.05, 0) is 6.54 Å². The third kappa shape index (κ3) is 8.36. The summed E-state index contributed by atoms with van der Waals surface area (Å²) >= 11 is 0. The Labute approximate surface area is 86.0 Å². The van der Waals surface area contributed by atoms with Crippen molar-refractivity contribution in [1.82, 2.24) is 10.2 Å². The summed E-state index contributed by atoms with van der Waals surface area (Å²) in [5.74, 6) is -1.18. The number of nitrogens with two attached hydrogens (primary N) is 4. The maximum atomic E-state index is 4.97. The van der Waals surface area contributed by atoms with E-state index in [0.29, 0.717) is 0 Å². The highest BCUT2D eigenvalue weighted by Crippen LogP contribution is 1.88. The van der Waals surface area contributed by atoms with Crippen molar-refractivity contribution in [3.05, 3.63) is 0 Å². The topological polar surface area (TPSA) is 119 Å². The third-order valence-electron chi connectivity index (χ3n) is 2.01. The molecule has 0 unspecified atom stereocenters. The Bertz CT molecular complexity index is 126. The fourth-order valence-electron chi connectivity index (χ4n) is 1.03. The van der Waals surface area contributed by atoms with E-state index >= 15 is 0 Å². The van der Waals surface area contributed by atoms with E-state index in [1.54, 1.807) is 0 Å². The van der Waals surface area contributed by atoms with Gasteiger partial charge in [-0.15, -0.1) is 0 Å². The first-order valence-corrected chi connectivity index (χ1v) is 4.99. The van der Waals surface area contributed by atoms with Gasteiger partial charge in [0.15, 0.2) is 0 Å². The fourth-order valence-corrected chi connectivity index (χ4v) is 1.03. The predicted molar refractivity (Wildman–Crippen MR) is 59.3 cm³/mol. The molecule has 1 saturated heterocycles. The van der Waals surface area contributed by atoms with Crippen molar-refractivity contribution in [3.8, 4) is 0 Å². The average Bonchev–Trinajstić information content (AvgIpc) is 2.19. The fraction of sp³-hybridized carbons (Fsp3) is 1.00. The van der Waals surface area contributed by atoms with Gasteiger partial charge < -0.3 is 33.2 Å². The van der Waals surface area contributed by atoms with Crippen LogP contribution in [0.15, 0.2) is 0 Å². The van der Waals surface area contributed by atoms with Gasteiger partial charge in [0.1, 0.15) is 5.79 Å². The van der Waals surface area contributed by atoms with Crippen molar-refractivity contribution in [3.63, 3.8) is 0 Å². The molecule has 0 aromatic rings. The highest BCUT2D eigenvalue weighted by atomic mass is 15.2. The van der Waals surface area contributed by atoms with Crippen molar-refractivity contribution < 1.29 is 0 Å². The number of rotatable bonds is 2. The molecule has 1 aliphatic heterocycles. The third-order valence-corrected chi connectivity index (χ3v) is 2.01. The second kappa shape index (κ2) is 7.10. The van der Waals surface area contributed by atoms with Crippen LogP contribution in [0.3, 0.4) is 0 Å². The van der Waals surface area contributed by atoms with Crippen LogP contribution < -0.4 is 28.3 Å². The molecule has 0 amide bonds. The minimum Gasteiger partial charge on any atom is -0.326 e. The zero-order valence-corrected chi connectivity index (χ0v) is 9.00. The van der Waals surface area contributed by atoms with Gasteiger partial charge in [-0.3, -0.25) is 0 Å². The van der Waals surface area contributed by atoms with Crippen LogP contribution in [0.2, 0.25) is 0 Å². The molecule has 6 nitrogen and oxygen atoms in total. The van der Waals surface area contributed by atoms with Crippen molar-refractivity contribution in [2.45, 2.75) is 12.7 Å². The molecule has 0 aromatic heterocycles. The summed E-state index contributed by atoms with van der Waals surface area (Å²) in [6.07, 6.45) is 0. The second-order valence-electron chi connectivity index (χ2n) is 3.50. The van der Waals surface area contributed by atoms with Gasteiger partial charge >= 0.3 is 0 Å². The van der Waals surface area contributed by atoms with Crippen LogP contribution in [0.25, 0.3) is 0 Å². The lowest BCUT2D eigenvalue weighted by molar-refractivity contribution is 0.253. The number of hydrogen-bond donors (Lipinski definition) is 5. The van der Waals surface area contributed by atoms with Crippen molar-refractivity contribution in [2.24, 2.45) is 22.9 Å². The van der Waals surface area contributed by atoms with Crippen molar-refractivity contribution in [2.75, 3.05) is 39.3 Å². The number of hydrogen-bond acceptors (Lipinski definition) is 6. The first kappa shape index (κ1) is 13.8. The maximum Gasteiger partial charge on any atom is 0.128 e. The molecule has 0 bridgehead atoms. The first-order valence-electron chi connectivity index (χ1n) is 4.99. The van der Waals surface area contributed by atoms with Crippen LogP contribution in [-0.2, 0) is 0 Å². The van der Waals surface area contributed by atoms with E-state index in [4.69, 9.17) is 22.9 Å². The number of nitrogens with zero attached hydrogens (tertiary/aromatic N) is 1. The molecule has 1 heterocycles. The Morgan fingerprint density at radius 2 is 1.64 bits per heavy atom. The normalized spacial score (nSPS) is 18.6. The summed E-state index contributed by atoms with van der Waals surface area (Å²) in [6, 6.07) is 0. The monoisotopic (exact) mass is 204 g/mol. The van der Waals surface area contributed by atoms with E-state index < -0.39 is 5.79 Å². The van der Waals surface area contributed by atoms with Gasteiger partial charge in [0.2, 0.25) is 0 Å². The van der Waals surface area contributed by atoms with Gasteiger partial charge in [0.05, 0.1) is 0 Å². The van der Waals surface area contributed by atoms with Gasteiger partial charge in [-0.25, -0.2) is 0 Å². The summed E-state index contributed by atoms with van der Waals surface area (Å²) in [7, 11) is 0. The summed E-state index contributed by atoms with van der Waals surface area (Å²) < 4.78 is 0. The first-order chi connectivity index (χ1) is 6.49. The highest BCUT2D eigenvalue weighted by molar-refractivity contribution is 4.66. The predicted octanol–water partition coefficient (Wildman–Crippen LogP) is -2.61. The molecule has 6 heteroatoms. The minimum atomic E-state index is -1.18. The Kier molecular flexibility index (Phi) is 6.98. The zero-order valence-electron chi connectivity index (χ0n) is 9.00. The molecule has 0 spiro atoms. The molecule has 0 aliphatic carbocycles. The molecule has 14 heavy (non-hydrogen) atoms. The van der Waals surface area contributed by atoms with Gasteiger partial charge in [0, 0.05) is 32.7 Å². The largest absolute Gasteiger partial charge is 0.326 e. The molecular weight excluding hydrogens is 180 g/mol. The molecule has 1 fully saturated rings. The van der Waals surface area contributed by atoms with E-state index in [1.807, 2.05) is 0 Å². The Balaban J connectivity index is 0.000000255. The summed E-state index contributed by atoms with van der Waals surface area (Å²) in [6.45, 7) is 8.34. The standard InChI is InChI=1S/C6H14N2.C2H10N4/c1-2-8-5-3-7-4-6-8;3-1-2(4,5)6/h7H,2-6H2,1H3;1,3-6H2. The highest BCUT2D eigenvalue weighted by Gasteiger charge is 2.05. The van der Waals surface area contributed by atoms with Gasteiger partial charge in [0.25, 0.3) is 0 Å². The quantitative estimate of drug-likeness (QED) is 0.314. The average molecular weight is 204 g/mol. The van der Waals surface area contributed by atoms with E-state index in [-0.39, 0.29) is 6.54 Å². The zero-order chi connectivity index (χ0) is 11.0. The molecular formula is C8H24N6. The van der Waals surface area contributed by atoms with Crippen LogP contribution in [0.4, 0.5) is 0 Å². The van der Waals surface area contributed by atoms with E-state index in [0.717, 1.165) is 0 Å². The van der Waals surface area contributed by atoms with Crippen LogP contribution in [-0.4, -0.2) is 50.0 Å². The second-order valence-corrected chi connectivity index (χ2v) is 3.50. The van der Waals surface area contributed by atoms with Crippen LogP contribution in [0, 0.1) is 0 Å². The van der Waals surface area contributed by atoms with Crippen LogP contribution >= 0.6 is 0 Å². The van der Waals surface area contributed by atoms with Crippen molar-refractivity contribution in [1.29, 1.82) is 0 Å². The minimum absolute atomic E-state index is 0.104. The molecule has 1 aliphatic rings. The van der Waals surface area contributed by atoms with Crippen molar-refractivity contribution >= 4 is 0 Å².